The molecule has 0 fully saturated rings. The van der Waals surface area contributed by atoms with E-state index in [9.17, 15) is 0 Å². The number of aromatic nitrogens is 3. The maximum Gasteiger partial charge on any atom is 0.226 e. The van der Waals surface area contributed by atoms with Crippen LogP contribution in [-0.2, 0) is 13.0 Å². The van der Waals surface area contributed by atoms with Crippen molar-refractivity contribution in [1.29, 1.82) is 0 Å². The summed E-state index contributed by atoms with van der Waals surface area (Å²) < 4.78 is 7.46. The number of nitrogens with zero attached hydrogens (tertiary/aromatic N) is 4. The molecule has 2 aromatic heterocycles. The zero-order valence-electron chi connectivity index (χ0n) is 16.8. The minimum atomic E-state index is 0.530. The molecule has 2 N–H and O–H groups in total. The third-order valence-electron chi connectivity index (χ3n) is 4.60. The Kier molecular flexibility index (Phi) is 6.19. The maximum absolute atomic E-state index is 5.57. The van der Waals surface area contributed by atoms with Gasteiger partial charge in [0.2, 0.25) is 5.89 Å². The van der Waals surface area contributed by atoms with Gasteiger partial charge in [-0.15, -0.1) is 0 Å². The second-order valence-corrected chi connectivity index (χ2v) is 6.74. The van der Waals surface area contributed by atoms with E-state index in [2.05, 4.69) is 25.7 Å². The summed E-state index contributed by atoms with van der Waals surface area (Å²) in [5.41, 5.74) is 3.99. The standard InChI is InChI=1S/C23H24N6O/c1-24-23(26-15-20-17-30-22(28-20)19-8-4-2-5-9-19)25-13-12-18-14-27-29(16-18)21-10-6-3-7-11-21/h2-11,14,16-17H,12-13,15H2,1H3,(H2,24,25,26). The van der Waals surface area contributed by atoms with Gasteiger partial charge in [-0.2, -0.15) is 5.10 Å². The summed E-state index contributed by atoms with van der Waals surface area (Å²) in [5, 5.41) is 11.0. The fourth-order valence-electron chi connectivity index (χ4n) is 3.03. The molecule has 0 aliphatic heterocycles. The molecule has 0 bridgehead atoms. The summed E-state index contributed by atoms with van der Waals surface area (Å²) >= 11 is 0. The highest BCUT2D eigenvalue weighted by Crippen LogP contribution is 2.17. The van der Waals surface area contributed by atoms with E-state index in [1.807, 2.05) is 77.7 Å². The minimum Gasteiger partial charge on any atom is -0.444 e. The number of aliphatic imine (C=N–C) groups is 1. The van der Waals surface area contributed by atoms with Crippen molar-refractivity contribution in [2.75, 3.05) is 13.6 Å². The largest absolute Gasteiger partial charge is 0.444 e. The summed E-state index contributed by atoms with van der Waals surface area (Å²) in [4.78, 5) is 8.79. The number of oxazole rings is 1. The quantitative estimate of drug-likeness (QED) is 0.367. The minimum absolute atomic E-state index is 0.530. The van der Waals surface area contributed by atoms with Gasteiger partial charge in [-0.1, -0.05) is 36.4 Å². The van der Waals surface area contributed by atoms with Gasteiger partial charge in [0.1, 0.15) is 6.26 Å². The lowest BCUT2D eigenvalue weighted by Crippen LogP contribution is -2.37. The van der Waals surface area contributed by atoms with Crippen LogP contribution >= 0.6 is 0 Å². The Morgan fingerprint density at radius 1 is 1.03 bits per heavy atom. The number of para-hydroxylation sites is 1. The van der Waals surface area contributed by atoms with Gasteiger partial charge in [-0.25, -0.2) is 9.67 Å². The molecule has 0 saturated carbocycles. The molecule has 30 heavy (non-hydrogen) atoms. The number of hydrogen-bond acceptors (Lipinski definition) is 4. The third kappa shape index (κ3) is 4.94. The van der Waals surface area contributed by atoms with Crippen LogP contribution in [0.15, 0.2) is 88.7 Å². The second kappa shape index (κ2) is 9.56. The zero-order valence-corrected chi connectivity index (χ0v) is 16.8. The van der Waals surface area contributed by atoms with Crippen LogP contribution in [0.1, 0.15) is 11.3 Å². The summed E-state index contributed by atoms with van der Waals surface area (Å²) in [6.45, 7) is 1.27. The lowest BCUT2D eigenvalue weighted by atomic mass is 10.2. The van der Waals surface area contributed by atoms with Gasteiger partial charge < -0.3 is 15.1 Å². The van der Waals surface area contributed by atoms with Crippen molar-refractivity contribution in [3.8, 4) is 17.1 Å². The highest BCUT2D eigenvalue weighted by atomic mass is 16.3. The van der Waals surface area contributed by atoms with Gasteiger partial charge in [0, 0.05) is 25.4 Å². The molecule has 2 heterocycles. The van der Waals surface area contributed by atoms with E-state index < -0.39 is 0 Å². The first-order valence-corrected chi connectivity index (χ1v) is 9.85. The van der Waals surface area contributed by atoms with Crippen LogP contribution in [0.3, 0.4) is 0 Å². The zero-order chi connectivity index (χ0) is 20.6. The van der Waals surface area contributed by atoms with Gasteiger partial charge >= 0.3 is 0 Å². The smallest absolute Gasteiger partial charge is 0.226 e. The molecule has 0 unspecified atom stereocenters. The SMILES string of the molecule is CN=C(NCCc1cnn(-c2ccccc2)c1)NCc1coc(-c2ccccc2)n1. The first-order chi connectivity index (χ1) is 14.8. The van der Waals surface area contributed by atoms with Gasteiger partial charge in [0.15, 0.2) is 5.96 Å². The molecule has 2 aromatic carbocycles. The van der Waals surface area contributed by atoms with Crippen LogP contribution in [0.4, 0.5) is 0 Å². The van der Waals surface area contributed by atoms with E-state index in [-0.39, 0.29) is 0 Å². The molecule has 4 aromatic rings. The molecular formula is C23H24N6O. The van der Waals surface area contributed by atoms with Gasteiger partial charge in [-0.05, 0) is 36.2 Å². The van der Waals surface area contributed by atoms with Crippen LogP contribution in [-0.4, -0.2) is 34.3 Å². The lowest BCUT2D eigenvalue weighted by molar-refractivity contribution is 0.572. The van der Waals surface area contributed by atoms with Gasteiger partial charge in [0.05, 0.1) is 24.1 Å². The highest BCUT2D eigenvalue weighted by Gasteiger charge is 2.07. The van der Waals surface area contributed by atoms with Crippen LogP contribution in [0.2, 0.25) is 0 Å². The van der Waals surface area contributed by atoms with Crippen molar-refractivity contribution in [3.63, 3.8) is 0 Å². The average molecular weight is 400 g/mol. The van der Waals surface area contributed by atoms with Crippen LogP contribution in [0, 0.1) is 0 Å². The predicted octanol–water partition coefficient (Wildman–Crippen LogP) is 3.44. The summed E-state index contributed by atoms with van der Waals surface area (Å²) in [6.07, 6.45) is 6.45. The van der Waals surface area contributed by atoms with Crippen LogP contribution < -0.4 is 10.6 Å². The Hall–Kier alpha value is -3.87. The second-order valence-electron chi connectivity index (χ2n) is 6.74. The van der Waals surface area contributed by atoms with Crippen LogP contribution in [0.5, 0.6) is 0 Å². The van der Waals surface area contributed by atoms with E-state index in [1.165, 1.54) is 0 Å². The van der Waals surface area contributed by atoms with Gasteiger partial charge in [0.25, 0.3) is 0 Å². The van der Waals surface area contributed by atoms with Gasteiger partial charge in [-0.3, -0.25) is 4.99 Å². The molecule has 4 rings (SSSR count). The molecular weight excluding hydrogens is 376 g/mol. The first kappa shape index (κ1) is 19.4. The fourth-order valence-corrected chi connectivity index (χ4v) is 3.03. The number of rotatable bonds is 7. The Bertz CT molecular complexity index is 1090. The summed E-state index contributed by atoms with van der Waals surface area (Å²) in [5.74, 6) is 1.33. The Labute approximate surface area is 175 Å². The van der Waals surface area contributed by atoms with E-state index in [4.69, 9.17) is 4.42 Å². The number of guanidine groups is 1. The Morgan fingerprint density at radius 2 is 1.80 bits per heavy atom. The van der Waals surface area contributed by atoms with Crippen molar-refractivity contribution < 1.29 is 4.42 Å². The van der Waals surface area contributed by atoms with E-state index >= 15 is 0 Å². The average Bonchev–Trinajstić information content (AvgIpc) is 3.47. The number of benzene rings is 2. The summed E-state index contributed by atoms with van der Waals surface area (Å²) in [6, 6.07) is 19.9. The van der Waals surface area contributed by atoms with Crippen molar-refractivity contribution in [3.05, 3.63) is 90.6 Å². The lowest BCUT2D eigenvalue weighted by Gasteiger charge is -2.10. The van der Waals surface area contributed by atoms with E-state index in [0.29, 0.717) is 12.4 Å². The Balaban J connectivity index is 1.25. The van der Waals surface area contributed by atoms with Crippen molar-refractivity contribution in [2.45, 2.75) is 13.0 Å². The molecule has 152 valence electrons. The summed E-state index contributed by atoms with van der Waals surface area (Å²) in [7, 11) is 1.75. The highest BCUT2D eigenvalue weighted by molar-refractivity contribution is 5.79. The molecule has 0 radical (unpaired) electrons. The fraction of sp³-hybridized carbons (Fsp3) is 0.174. The van der Waals surface area contributed by atoms with E-state index in [0.717, 1.165) is 41.4 Å². The normalized spacial score (nSPS) is 11.4. The van der Waals surface area contributed by atoms with E-state index in [1.54, 1.807) is 13.3 Å². The van der Waals surface area contributed by atoms with Crippen LogP contribution in [0.25, 0.3) is 17.1 Å². The monoisotopic (exact) mass is 400 g/mol. The molecule has 0 amide bonds. The van der Waals surface area contributed by atoms with Crippen molar-refractivity contribution in [2.24, 2.45) is 4.99 Å². The number of hydrogen-bond donors (Lipinski definition) is 2. The van der Waals surface area contributed by atoms with Crippen molar-refractivity contribution >= 4 is 5.96 Å². The first-order valence-electron chi connectivity index (χ1n) is 9.85. The molecule has 0 saturated heterocycles. The number of nitrogens with one attached hydrogen (secondary N) is 2. The molecule has 7 nitrogen and oxygen atoms in total. The molecule has 0 aliphatic rings. The molecule has 0 atom stereocenters. The molecule has 7 heteroatoms. The molecule has 0 aliphatic carbocycles. The third-order valence-corrected chi connectivity index (χ3v) is 4.60. The van der Waals surface area contributed by atoms with Crippen molar-refractivity contribution in [1.82, 2.24) is 25.4 Å². The Morgan fingerprint density at radius 3 is 2.57 bits per heavy atom. The maximum atomic E-state index is 5.57. The topological polar surface area (TPSA) is 80.3 Å². The predicted molar refractivity (Wildman–Crippen MR) is 117 cm³/mol. The molecule has 0 spiro atoms.